The number of aromatic nitrogens is 3. The van der Waals surface area contributed by atoms with Crippen LogP contribution in [-0.4, -0.2) is 44.7 Å². The van der Waals surface area contributed by atoms with Crippen LogP contribution in [0.15, 0.2) is 35.6 Å². The monoisotopic (exact) mass is 445 g/mol. The Morgan fingerprint density at radius 1 is 1.31 bits per heavy atom. The van der Waals surface area contributed by atoms with E-state index in [1.807, 2.05) is 13.0 Å². The predicted molar refractivity (Wildman–Crippen MR) is 112 cm³/mol. The Bertz CT molecular complexity index is 923. The Kier molecular flexibility index (Phi) is 12.0. The molecule has 0 amide bonds. The fourth-order valence-electron chi connectivity index (χ4n) is 2.19. The summed E-state index contributed by atoms with van der Waals surface area (Å²) in [5.41, 5.74) is 2.54. The van der Waals surface area contributed by atoms with Crippen molar-refractivity contribution >= 4 is 33.4 Å². The molecule has 1 N–H and O–H groups in total. The van der Waals surface area contributed by atoms with Crippen molar-refractivity contribution in [1.29, 1.82) is 0 Å². The van der Waals surface area contributed by atoms with Gasteiger partial charge in [-0.05, 0) is 31.5 Å². The quantitative estimate of drug-likeness (QED) is 0.337. The van der Waals surface area contributed by atoms with Crippen LogP contribution >= 0.6 is 11.6 Å². The second-order valence-corrected chi connectivity index (χ2v) is 7.87. The third kappa shape index (κ3) is 8.74. The smallest absolute Gasteiger partial charge is 0.548 e. The summed E-state index contributed by atoms with van der Waals surface area (Å²) < 4.78 is 22.1. The molecule has 152 valence electrons. The van der Waals surface area contributed by atoms with Gasteiger partial charge >= 0.3 is 29.6 Å². The van der Waals surface area contributed by atoms with Crippen LogP contribution in [0.1, 0.15) is 25.8 Å². The number of H-pyrrole nitrogens is 1. The van der Waals surface area contributed by atoms with Crippen molar-refractivity contribution < 1.29 is 43.2 Å². The number of nitrogens with zero attached hydrogens (tertiary/aromatic N) is 2. The van der Waals surface area contributed by atoms with Gasteiger partial charge in [0, 0.05) is 17.0 Å². The van der Waals surface area contributed by atoms with E-state index in [-0.39, 0.29) is 29.6 Å². The summed E-state index contributed by atoms with van der Waals surface area (Å²) in [6.07, 6.45) is 7.44. The number of aryl methyl sites for hydroxylation is 1. The van der Waals surface area contributed by atoms with Gasteiger partial charge in [-0.25, -0.2) is 4.98 Å². The zero-order valence-electron chi connectivity index (χ0n) is 17.5. The van der Waals surface area contributed by atoms with Crippen LogP contribution in [0.25, 0.3) is 11.0 Å². The van der Waals surface area contributed by atoms with Gasteiger partial charge in [0.15, 0.2) is 5.16 Å². The number of hydrogen-bond acceptors (Lipinski definition) is 5. The molecule has 29 heavy (non-hydrogen) atoms. The van der Waals surface area contributed by atoms with Crippen molar-refractivity contribution in [2.45, 2.75) is 38.5 Å². The van der Waals surface area contributed by atoms with Crippen LogP contribution in [0, 0.1) is 13.1 Å². The van der Waals surface area contributed by atoms with E-state index in [2.05, 4.69) is 35.0 Å². The van der Waals surface area contributed by atoms with Crippen molar-refractivity contribution in [2.24, 2.45) is 0 Å². The molecule has 0 saturated carbocycles. The maximum atomic E-state index is 11.1. The maximum Gasteiger partial charge on any atom is 1.00 e. The van der Waals surface area contributed by atoms with E-state index in [9.17, 15) is 4.21 Å². The molecule has 3 aromatic rings. The second-order valence-electron chi connectivity index (χ2n) is 6.14. The summed E-state index contributed by atoms with van der Waals surface area (Å²) in [6, 6.07) is 7.16. The minimum atomic E-state index is -1.08. The summed E-state index contributed by atoms with van der Waals surface area (Å²) in [7, 11) is -1.08. The normalized spacial score (nSPS) is 12.4. The molecule has 2 unspecified atom stereocenters. The number of rotatable bonds is 7. The molecule has 0 spiro atoms. The molecule has 2 atom stereocenters. The first-order chi connectivity index (χ1) is 13.4. The van der Waals surface area contributed by atoms with Gasteiger partial charge in [0.2, 0.25) is 0 Å². The van der Waals surface area contributed by atoms with Crippen LogP contribution in [0.2, 0.25) is 5.02 Å². The van der Waals surface area contributed by atoms with Gasteiger partial charge in [-0.15, -0.1) is 11.6 Å². The number of halogens is 1. The van der Waals surface area contributed by atoms with Crippen molar-refractivity contribution in [3.8, 4) is 5.75 Å². The number of imidazole rings is 1. The molecule has 0 aliphatic rings. The largest absolute Gasteiger partial charge is 1.00 e. The third-order valence-corrected chi connectivity index (χ3v) is 4.89. The predicted octanol–water partition coefficient (Wildman–Crippen LogP) is 1.34. The van der Waals surface area contributed by atoms with E-state index in [1.165, 1.54) is 0 Å². The van der Waals surface area contributed by atoms with Gasteiger partial charge in [0.05, 0.1) is 41.2 Å². The first-order valence-electron chi connectivity index (χ1n) is 8.97. The Balaban J connectivity index is 0.000000282. The van der Waals surface area contributed by atoms with E-state index < -0.39 is 10.8 Å². The Morgan fingerprint density at radius 2 is 2.07 bits per heavy atom. The number of aromatic amines is 1. The Labute approximate surface area is 201 Å². The fraction of sp³-hybridized carbons (Fsp3) is 0.400. The van der Waals surface area contributed by atoms with Crippen molar-refractivity contribution in [3.05, 3.63) is 47.2 Å². The fourth-order valence-corrected chi connectivity index (χ4v) is 2.84. The molecule has 2 aromatic heterocycles. The molecular weight excluding hydrogens is 421 g/mol. The zero-order valence-corrected chi connectivity index (χ0v) is 21.1. The van der Waals surface area contributed by atoms with E-state index in [1.54, 1.807) is 30.7 Å². The maximum absolute atomic E-state index is 11.1. The Morgan fingerprint density at radius 3 is 2.72 bits per heavy atom. The van der Waals surface area contributed by atoms with Gasteiger partial charge in [-0.2, -0.15) is 0 Å². The molecule has 6 nitrogen and oxygen atoms in total. The Hall–Kier alpha value is -0.960. The minimum absolute atomic E-state index is 0. The van der Waals surface area contributed by atoms with Gasteiger partial charge in [0.25, 0.3) is 0 Å². The van der Waals surface area contributed by atoms with Crippen molar-refractivity contribution in [3.63, 3.8) is 0 Å². The van der Waals surface area contributed by atoms with E-state index in [0.717, 1.165) is 28.8 Å². The molecule has 0 fully saturated rings. The molecule has 1 aromatic carbocycles. The second kappa shape index (κ2) is 13.4. The van der Waals surface area contributed by atoms with E-state index in [4.69, 9.17) is 21.1 Å². The van der Waals surface area contributed by atoms with Gasteiger partial charge in [0.1, 0.15) is 0 Å². The number of nitrogens with one attached hydrogen (secondary N) is 1. The minimum Gasteiger partial charge on any atom is -0.548 e. The molecule has 0 aliphatic heterocycles. The molecular formula is C20H25ClN3NaO3S. The van der Waals surface area contributed by atoms with Gasteiger partial charge < -0.3 is 19.4 Å². The molecule has 9 heteroatoms. The van der Waals surface area contributed by atoms with Crippen LogP contribution in [0.4, 0.5) is 0 Å². The third-order valence-electron chi connectivity index (χ3n) is 3.91. The summed E-state index contributed by atoms with van der Waals surface area (Å²) in [4.78, 5) is 11.0. The molecule has 0 aliphatic carbocycles. The van der Waals surface area contributed by atoms with E-state index in [0.29, 0.717) is 29.5 Å². The molecule has 0 bridgehead atoms. The number of fused-ring (bicyclic) bond motifs is 1. The van der Waals surface area contributed by atoms with Crippen molar-refractivity contribution in [1.82, 2.24) is 15.0 Å². The number of benzene rings is 1. The zero-order chi connectivity index (χ0) is 20.5. The summed E-state index contributed by atoms with van der Waals surface area (Å²) in [5.74, 6) is 0.831. The van der Waals surface area contributed by atoms with Crippen LogP contribution in [-0.2, 0) is 15.5 Å². The SMILES string of the molecule is CCC(C)OCCOc1ccn[c-]c1C.CS(=O)c1nc2ccc(Cl)cc2[nH]1.[Na+]. The summed E-state index contributed by atoms with van der Waals surface area (Å²) in [5, 5.41) is 1.13. The molecule has 2 heterocycles. The van der Waals surface area contributed by atoms with Crippen LogP contribution < -0.4 is 34.3 Å². The topological polar surface area (TPSA) is 77.1 Å². The number of pyridine rings is 1. The standard InChI is InChI=1S/C12H18NO2.C8H7ClN2OS.Na/c1-4-11(3)14-7-8-15-12-5-6-13-9-10(12)2;1-13(12)8-10-6-3-2-5(9)4-7(6)11-8;/h5-6,11H,4,7-8H2,1-3H3;2-4H,1H3,(H,10,11);/q-1;;+1. The summed E-state index contributed by atoms with van der Waals surface area (Å²) >= 11 is 5.78. The van der Waals surface area contributed by atoms with Crippen LogP contribution in [0.3, 0.4) is 0 Å². The first kappa shape index (κ1) is 26.1. The first-order valence-corrected chi connectivity index (χ1v) is 10.9. The molecule has 3 rings (SSSR count). The average molecular weight is 446 g/mol. The number of ether oxygens (including phenoxy) is 2. The molecule has 0 saturated heterocycles. The van der Waals surface area contributed by atoms with Crippen LogP contribution in [0.5, 0.6) is 5.75 Å². The van der Waals surface area contributed by atoms with Gasteiger partial charge in [-0.3, -0.25) is 4.21 Å². The van der Waals surface area contributed by atoms with Gasteiger partial charge in [-0.1, -0.05) is 37.8 Å². The number of hydrogen-bond donors (Lipinski definition) is 1. The van der Waals surface area contributed by atoms with E-state index >= 15 is 0 Å². The average Bonchev–Trinajstić information content (AvgIpc) is 3.10. The van der Waals surface area contributed by atoms with Crippen molar-refractivity contribution in [2.75, 3.05) is 19.5 Å². The molecule has 0 radical (unpaired) electrons. The summed E-state index contributed by atoms with van der Waals surface area (Å²) in [6.45, 7) is 7.29.